The van der Waals surface area contributed by atoms with Gasteiger partial charge in [-0.25, -0.2) is 4.79 Å². The molecule has 25 heavy (non-hydrogen) atoms. The second-order valence-electron chi connectivity index (χ2n) is 7.47. The maximum Gasteiger partial charge on any atom is 0.322 e. The topological polar surface area (TPSA) is 50.8 Å². The highest BCUT2D eigenvalue weighted by Crippen LogP contribution is 2.31. The number of urea groups is 1. The highest BCUT2D eigenvalue weighted by atomic mass is 16.5. The molecule has 5 heteroatoms. The van der Waals surface area contributed by atoms with Crippen LogP contribution in [0.1, 0.15) is 43.6 Å². The Bertz CT molecular complexity index is 577. The van der Waals surface area contributed by atoms with Crippen LogP contribution in [0, 0.1) is 5.92 Å². The van der Waals surface area contributed by atoms with E-state index in [0.29, 0.717) is 17.9 Å². The van der Waals surface area contributed by atoms with Crippen molar-refractivity contribution in [3.8, 4) is 0 Å². The Hall–Kier alpha value is -1.59. The summed E-state index contributed by atoms with van der Waals surface area (Å²) in [7, 11) is 0. The van der Waals surface area contributed by atoms with Gasteiger partial charge >= 0.3 is 6.03 Å². The van der Waals surface area contributed by atoms with Gasteiger partial charge in [0.2, 0.25) is 0 Å². The van der Waals surface area contributed by atoms with Gasteiger partial charge in [0.1, 0.15) is 0 Å². The van der Waals surface area contributed by atoms with Crippen LogP contribution in [0.3, 0.4) is 0 Å². The zero-order valence-electron chi connectivity index (χ0n) is 14.8. The Morgan fingerprint density at radius 1 is 1.00 bits per heavy atom. The van der Waals surface area contributed by atoms with Gasteiger partial charge < -0.3 is 19.7 Å². The number of nitrogens with zero attached hydrogens (tertiary/aromatic N) is 1. The fourth-order valence-corrected chi connectivity index (χ4v) is 4.47. The van der Waals surface area contributed by atoms with Gasteiger partial charge in [0.25, 0.3) is 0 Å². The molecule has 1 aromatic carbocycles. The number of likely N-dealkylation sites (tertiary alicyclic amines) is 1. The molecule has 3 fully saturated rings. The Morgan fingerprint density at radius 3 is 2.48 bits per heavy atom. The number of carbonyl (C=O) groups is 1. The number of anilines is 1. The third kappa shape index (κ3) is 3.82. The molecule has 3 saturated heterocycles. The molecule has 2 atom stereocenters. The second kappa shape index (κ2) is 7.75. The maximum atomic E-state index is 12.8. The van der Waals surface area contributed by atoms with Crippen LogP contribution in [-0.2, 0) is 9.47 Å². The van der Waals surface area contributed by atoms with E-state index < -0.39 is 0 Å². The number of rotatable bonds is 3. The van der Waals surface area contributed by atoms with E-state index in [1.807, 2.05) is 12.1 Å². The molecule has 2 unspecified atom stereocenters. The summed E-state index contributed by atoms with van der Waals surface area (Å²) >= 11 is 0. The molecule has 3 heterocycles. The van der Waals surface area contributed by atoms with Crippen molar-refractivity contribution < 1.29 is 14.3 Å². The summed E-state index contributed by atoms with van der Waals surface area (Å²) < 4.78 is 10.9. The van der Waals surface area contributed by atoms with Crippen molar-refractivity contribution in [3.63, 3.8) is 0 Å². The van der Waals surface area contributed by atoms with Crippen LogP contribution in [0.15, 0.2) is 24.3 Å². The summed E-state index contributed by atoms with van der Waals surface area (Å²) in [5.74, 6) is 1.09. The van der Waals surface area contributed by atoms with Crippen molar-refractivity contribution in [1.82, 2.24) is 4.90 Å². The SMILES string of the molecule is O=C(Nc1ccc(C2CCOC2)cc1)N1CCCC1C1CCOCC1. The van der Waals surface area contributed by atoms with Crippen molar-refractivity contribution in [2.45, 2.75) is 44.1 Å². The van der Waals surface area contributed by atoms with Gasteiger partial charge in [-0.15, -0.1) is 0 Å². The van der Waals surface area contributed by atoms with Crippen LogP contribution in [0.25, 0.3) is 0 Å². The molecule has 0 saturated carbocycles. The first-order valence-corrected chi connectivity index (χ1v) is 9.64. The number of ether oxygens (including phenoxy) is 2. The molecule has 2 amide bonds. The molecule has 0 radical (unpaired) electrons. The van der Waals surface area contributed by atoms with Crippen molar-refractivity contribution >= 4 is 11.7 Å². The molecule has 0 spiro atoms. The van der Waals surface area contributed by atoms with Gasteiger partial charge in [-0.05, 0) is 55.7 Å². The van der Waals surface area contributed by atoms with Crippen molar-refractivity contribution in [2.24, 2.45) is 5.92 Å². The number of nitrogens with one attached hydrogen (secondary N) is 1. The zero-order chi connectivity index (χ0) is 17.1. The standard InChI is InChI=1S/C20H28N2O3/c23-20(22-10-1-2-19(22)16-7-11-24-12-8-16)21-18-5-3-15(4-6-18)17-9-13-25-14-17/h3-6,16-17,19H,1-2,7-14H2,(H,21,23). The number of benzene rings is 1. The fraction of sp³-hybridized carbons (Fsp3) is 0.650. The van der Waals surface area contributed by atoms with E-state index >= 15 is 0 Å². The van der Waals surface area contributed by atoms with E-state index in [4.69, 9.17) is 9.47 Å². The van der Waals surface area contributed by atoms with Crippen molar-refractivity contribution in [2.75, 3.05) is 38.3 Å². The maximum absolute atomic E-state index is 12.8. The Balaban J connectivity index is 1.37. The first-order valence-electron chi connectivity index (χ1n) is 9.64. The summed E-state index contributed by atoms with van der Waals surface area (Å²) in [6.45, 7) is 4.20. The van der Waals surface area contributed by atoms with Gasteiger partial charge in [0, 0.05) is 44.0 Å². The average molecular weight is 344 g/mol. The first-order chi connectivity index (χ1) is 12.3. The van der Waals surface area contributed by atoms with E-state index in [9.17, 15) is 4.79 Å². The lowest BCUT2D eigenvalue weighted by molar-refractivity contribution is 0.0429. The minimum atomic E-state index is 0.0472. The molecule has 1 aromatic rings. The minimum absolute atomic E-state index is 0.0472. The Kier molecular flexibility index (Phi) is 5.22. The van der Waals surface area contributed by atoms with E-state index in [1.165, 1.54) is 5.56 Å². The summed E-state index contributed by atoms with van der Waals surface area (Å²) in [5.41, 5.74) is 2.18. The van der Waals surface area contributed by atoms with Crippen LogP contribution in [0.2, 0.25) is 0 Å². The third-order valence-corrected chi connectivity index (χ3v) is 5.93. The molecular weight excluding hydrogens is 316 g/mol. The summed E-state index contributed by atoms with van der Waals surface area (Å²) in [6.07, 6.45) is 5.47. The molecule has 0 aromatic heterocycles. The van der Waals surface area contributed by atoms with Gasteiger partial charge in [-0.3, -0.25) is 0 Å². The van der Waals surface area contributed by atoms with Crippen LogP contribution in [0.5, 0.6) is 0 Å². The summed E-state index contributed by atoms with van der Waals surface area (Å²) in [6, 6.07) is 8.70. The molecule has 1 N–H and O–H groups in total. The molecule has 0 aliphatic carbocycles. The fourth-order valence-electron chi connectivity index (χ4n) is 4.47. The molecule has 3 aliphatic heterocycles. The predicted molar refractivity (Wildman–Crippen MR) is 96.9 cm³/mol. The van der Waals surface area contributed by atoms with Crippen LogP contribution in [-0.4, -0.2) is 49.9 Å². The Labute approximate surface area is 149 Å². The van der Waals surface area contributed by atoms with E-state index in [0.717, 1.165) is 70.8 Å². The molecule has 136 valence electrons. The smallest absolute Gasteiger partial charge is 0.322 e. The second-order valence-corrected chi connectivity index (χ2v) is 7.47. The van der Waals surface area contributed by atoms with E-state index in [2.05, 4.69) is 22.3 Å². The minimum Gasteiger partial charge on any atom is -0.381 e. The van der Waals surface area contributed by atoms with Crippen LogP contribution < -0.4 is 5.32 Å². The van der Waals surface area contributed by atoms with Crippen molar-refractivity contribution in [3.05, 3.63) is 29.8 Å². The first kappa shape index (κ1) is 16.9. The lowest BCUT2D eigenvalue weighted by Crippen LogP contribution is -2.43. The number of amides is 2. The number of carbonyl (C=O) groups excluding carboxylic acids is 1. The normalized spacial score (nSPS) is 27.6. The van der Waals surface area contributed by atoms with Crippen LogP contribution >= 0.6 is 0 Å². The predicted octanol–water partition coefficient (Wildman–Crippen LogP) is 3.61. The van der Waals surface area contributed by atoms with Crippen molar-refractivity contribution in [1.29, 1.82) is 0 Å². The number of hydrogen-bond acceptors (Lipinski definition) is 3. The highest BCUT2D eigenvalue weighted by Gasteiger charge is 2.35. The van der Waals surface area contributed by atoms with Crippen LogP contribution in [0.4, 0.5) is 10.5 Å². The van der Waals surface area contributed by atoms with E-state index in [1.54, 1.807) is 0 Å². The van der Waals surface area contributed by atoms with Gasteiger partial charge in [0.15, 0.2) is 0 Å². The third-order valence-electron chi connectivity index (χ3n) is 5.93. The summed E-state index contributed by atoms with van der Waals surface area (Å²) in [4.78, 5) is 14.8. The molecule has 3 aliphatic rings. The van der Waals surface area contributed by atoms with E-state index in [-0.39, 0.29) is 6.03 Å². The highest BCUT2D eigenvalue weighted by molar-refractivity contribution is 5.89. The monoisotopic (exact) mass is 344 g/mol. The number of hydrogen-bond donors (Lipinski definition) is 1. The van der Waals surface area contributed by atoms with Gasteiger partial charge in [-0.1, -0.05) is 12.1 Å². The Morgan fingerprint density at radius 2 is 1.76 bits per heavy atom. The quantitative estimate of drug-likeness (QED) is 0.911. The molecule has 4 rings (SSSR count). The lowest BCUT2D eigenvalue weighted by atomic mass is 9.90. The largest absolute Gasteiger partial charge is 0.381 e. The molecular formula is C20H28N2O3. The summed E-state index contributed by atoms with van der Waals surface area (Å²) in [5, 5.41) is 3.10. The lowest BCUT2D eigenvalue weighted by Gasteiger charge is -2.34. The average Bonchev–Trinajstić information content (AvgIpc) is 3.35. The van der Waals surface area contributed by atoms with Gasteiger partial charge in [0.05, 0.1) is 6.61 Å². The zero-order valence-corrected chi connectivity index (χ0v) is 14.8. The molecule has 0 bridgehead atoms. The molecule has 5 nitrogen and oxygen atoms in total. The van der Waals surface area contributed by atoms with Gasteiger partial charge in [-0.2, -0.15) is 0 Å².